The SMILES string of the molecule is CCn1nc(CCC(Cl)COC)c2ccccc21. The lowest BCUT2D eigenvalue weighted by molar-refractivity contribution is 0.195. The van der Waals surface area contributed by atoms with Crippen molar-refractivity contribution in [2.45, 2.75) is 31.7 Å². The minimum absolute atomic E-state index is 0.0561. The van der Waals surface area contributed by atoms with Crippen LogP contribution in [-0.2, 0) is 17.7 Å². The Morgan fingerprint density at radius 3 is 2.89 bits per heavy atom. The molecule has 0 saturated heterocycles. The summed E-state index contributed by atoms with van der Waals surface area (Å²) in [6, 6.07) is 8.35. The average Bonchev–Trinajstić information content (AvgIpc) is 2.75. The molecule has 0 aliphatic heterocycles. The monoisotopic (exact) mass is 266 g/mol. The van der Waals surface area contributed by atoms with E-state index >= 15 is 0 Å². The lowest BCUT2D eigenvalue weighted by Gasteiger charge is -2.06. The van der Waals surface area contributed by atoms with Crippen molar-refractivity contribution >= 4 is 22.5 Å². The van der Waals surface area contributed by atoms with Gasteiger partial charge in [-0.2, -0.15) is 5.10 Å². The van der Waals surface area contributed by atoms with Crippen LogP contribution in [0.25, 0.3) is 10.9 Å². The number of ether oxygens (including phenoxy) is 1. The van der Waals surface area contributed by atoms with Crippen molar-refractivity contribution in [1.82, 2.24) is 9.78 Å². The van der Waals surface area contributed by atoms with Crippen LogP contribution in [0.15, 0.2) is 24.3 Å². The molecule has 0 aliphatic carbocycles. The number of para-hydroxylation sites is 1. The number of benzene rings is 1. The molecule has 0 spiro atoms. The second-order valence-corrected chi connectivity index (χ2v) is 4.99. The fraction of sp³-hybridized carbons (Fsp3) is 0.500. The standard InChI is InChI=1S/C14H19ClN2O/c1-3-17-14-7-5-4-6-12(14)13(16-17)9-8-11(15)10-18-2/h4-7,11H,3,8-10H2,1-2H3. The Kier molecular flexibility index (Phi) is 4.61. The van der Waals surface area contributed by atoms with Crippen molar-refractivity contribution in [2.24, 2.45) is 0 Å². The van der Waals surface area contributed by atoms with Gasteiger partial charge in [0.25, 0.3) is 0 Å². The van der Waals surface area contributed by atoms with Crippen molar-refractivity contribution in [2.75, 3.05) is 13.7 Å². The van der Waals surface area contributed by atoms with Crippen LogP contribution in [0, 0.1) is 0 Å². The van der Waals surface area contributed by atoms with Crippen molar-refractivity contribution in [1.29, 1.82) is 0 Å². The molecule has 1 unspecified atom stereocenters. The second-order valence-electron chi connectivity index (χ2n) is 4.37. The van der Waals surface area contributed by atoms with Gasteiger partial charge in [-0.05, 0) is 25.8 Å². The fourth-order valence-electron chi connectivity index (χ4n) is 2.18. The molecule has 0 fully saturated rings. The molecule has 4 heteroatoms. The van der Waals surface area contributed by atoms with Crippen LogP contribution in [0.5, 0.6) is 0 Å². The van der Waals surface area contributed by atoms with Crippen LogP contribution in [0.4, 0.5) is 0 Å². The molecular weight excluding hydrogens is 248 g/mol. The lowest BCUT2D eigenvalue weighted by Crippen LogP contribution is -2.08. The van der Waals surface area contributed by atoms with Crippen LogP contribution in [-0.4, -0.2) is 28.9 Å². The summed E-state index contributed by atoms with van der Waals surface area (Å²) in [6.07, 6.45) is 1.78. The van der Waals surface area contributed by atoms with Crippen molar-refractivity contribution in [3.63, 3.8) is 0 Å². The highest BCUT2D eigenvalue weighted by molar-refractivity contribution is 6.20. The third kappa shape index (κ3) is 2.85. The second kappa shape index (κ2) is 6.21. The van der Waals surface area contributed by atoms with Crippen LogP contribution in [0.3, 0.4) is 0 Å². The molecule has 0 saturated carbocycles. The molecule has 3 nitrogen and oxygen atoms in total. The molecule has 98 valence electrons. The van der Waals surface area contributed by atoms with Crippen molar-refractivity contribution < 1.29 is 4.74 Å². The maximum absolute atomic E-state index is 6.16. The Balaban J connectivity index is 2.18. The minimum atomic E-state index is 0.0561. The van der Waals surface area contributed by atoms with Gasteiger partial charge in [0.1, 0.15) is 0 Å². The Bertz CT molecular complexity index is 509. The zero-order valence-electron chi connectivity index (χ0n) is 10.9. The summed E-state index contributed by atoms with van der Waals surface area (Å²) in [5, 5.41) is 5.95. The third-order valence-electron chi connectivity index (χ3n) is 3.08. The predicted octanol–water partition coefficient (Wildman–Crippen LogP) is 3.24. The molecule has 0 amide bonds. The molecule has 1 aromatic heterocycles. The smallest absolute Gasteiger partial charge is 0.0703 e. The molecule has 2 rings (SSSR count). The van der Waals surface area contributed by atoms with Gasteiger partial charge in [-0.1, -0.05) is 18.2 Å². The largest absolute Gasteiger partial charge is 0.383 e. The number of hydrogen-bond donors (Lipinski definition) is 0. The number of rotatable bonds is 6. The summed E-state index contributed by atoms with van der Waals surface area (Å²) in [6.45, 7) is 3.59. The third-order valence-corrected chi connectivity index (χ3v) is 3.42. The Morgan fingerprint density at radius 1 is 1.39 bits per heavy atom. The zero-order chi connectivity index (χ0) is 13.0. The number of aryl methyl sites for hydroxylation is 2. The summed E-state index contributed by atoms with van der Waals surface area (Å²) < 4.78 is 7.09. The first-order valence-corrected chi connectivity index (χ1v) is 6.77. The van der Waals surface area contributed by atoms with Gasteiger partial charge in [0, 0.05) is 19.0 Å². The number of alkyl halides is 1. The normalized spacial score (nSPS) is 13.1. The van der Waals surface area contributed by atoms with E-state index in [1.54, 1.807) is 7.11 Å². The number of nitrogens with zero attached hydrogens (tertiary/aromatic N) is 2. The molecule has 1 aromatic carbocycles. The van der Waals surface area contributed by atoms with E-state index < -0.39 is 0 Å². The predicted molar refractivity (Wildman–Crippen MR) is 75.2 cm³/mol. The van der Waals surface area contributed by atoms with Crippen molar-refractivity contribution in [3.8, 4) is 0 Å². The molecular formula is C14H19ClN2O. The summed E-state index contributed by atoms with van der Waals surface area (Å²) >= 11 is 6.16. The maximum Gasteiger partial charge on any atom is 0.0703 e. The van der Waals surface area contributed by atoms with Crippen LogP contribution in [0.2, 0.25) is 0 Å². The summed E-state index contributed by atoms with van der Waals surface area (Å²) in [5.41, 5.74) is 2.34. The van der Waals surface area contributed by atoms with Gasteiger partial charge >= 0.3 is 0 Å². The van der Waals surface area contributed by atoms with Crippen LogP contribution < -0.4 is 0 Å². The first-order chi connectivity index (χ1) is 8.76. The van der Waals surface area contributed by atoms with E-state index in [0.717, 1.165) is 25.1 Å². The van der Waals surface area contributed by atoms with Gasteiger partial charge in [-0.3, -0.25) is 4.68 Å². The summed E-state index contributed by atoms with van der Waals surface area (Å²) in [7, 11) is 1.68. The molecule has 0 N–H and O–H groups in total. The molecule has 0 aliphatic rings. The maximum atomic E-state index is 6.16. The topological polar surface area (TPSA) is 27.1 Å². The van der Waals surface area contributed by atoms with E-state index in [-0.39, 0.29) is 5.38 Å². The highest BCUT2D eigenvalue weighted by atomic mass is 35.5. The highest BCUT2D eigenvalue weighted by Crippen LogP contribution is 2.20. The number of halogens is 1. The van der Waals surface area contributed by atoms with Gasteiger partial charge in [-0.15, -0.1) is 11.6 Å². The van der Waals surface area contributed by atoms with E-state index in [1.165, 1.54) is 10.9 Å². The first-order valence-electron chi connectivity index (χ1n) is 6.33. The highest BCUT2D eigenvalue weighted by Gasteiger charge is 2.11. The zero-order valence-corrected chi connectivity index (χ0v) is 11.7. The van der Waals surface area contributed by atoms with Crippen molar-refractivity contribution in [3.05, 3.63) is 30.0 Å². The number of hydrogen-bond acceptors (Lipinski definition) is 2. The number of methoxy groups -OCH3 is 1. The molecule has 18 heavy (non-hydrogen) atoms. The quantitative estimate of drug-likeness (QED) is 0.751. The Hall–Kier alpha value is -1.06. The lowest BCUT2D eigenvalue weighted by atomic mass is 10.1. The van der Waals surface area contributed by atoms with E-state index in [1.807, 2.05) is 4.68 Å². The van der Waals surface area contributed by atoms with E-state index in [0.29, 0.717) is 6.61 Å². The van der Waals surface area contributed by atoms with Crippen LogP contribution >= 0.6 is 11.6 Å². The van der Waals surface area contributed by atoms with Gasteiger partial charge in [0.05, 0.1) is 23.2 Å². The Morgan fingerprint density at radius 2 is 2.17 bits per heavy atom. The summed E-state index contributed by atoms with van der Waals surface area (Å²) in [5.74, 6) is 0. The Labute approximate surface area is 113 Å². The summed E-state index contributed by atoms with van der Waals surface area (Å²) in [4.78, 5) is 0. The molecule has 0 radical (unpaired) electrons. The van der Waals surface area contributed by atoms with Gasteiger partial charge < -0.3 is 4.74 Å². The van der Waals surface area contributed by atoms with Gasteiger partial charge in [0.15, 0.2) is 0 Å². The number of fused-ring (bicyclic) bond motifs is 1. The average molecular weight is 267 g/mol. The fourth-order valence-corrected chi connectivity index (χ4v) is 2.41. The molecule has 0 bridgehead atoms. The van der Waals surface area contributed by atoms with E-state index in [2.05, 4.69) is 36.3 Å². The van der Waals surface area contributed by atoms with Gasteiger partial charge in [0.2, 0.25) is 0 Å². The minimum Gasteiger partial charge on any atom is -0.383 e. The van der Waals surface area contributed by atoms with E-state index in [4.69, 9.17) is 16.3 Å². The first kappa shape index (κ1) is 13.4. The van der Waals surface area contributed by atoms with E-state index in [9.17, 15) is 0 Å². The molecule has 1 heterocycles. The molecule has 2 aromatic rings. The molecule has 1 atom stereocenters. The van der Waals surface area contributed by atoms with Crippen LogP contribution in [0.1, 0.15) is 19.0 Å². The number of aromatic nitrogens is 2. The van der Waals surface area contributed by atoms with Gasteiger partial charge in [-0.25, -0.2) is 0 Å².